The molecule has 2 N–H and O–H groups in total. The van der Waals surface area contributed by atoms with Crippen molar-refractivity contribution in [2.75, 3.05) is 15.5 Å². The fourth-order valence-corrected chi connectivity index (χ4v) is 14.7. The molecule has 0 spiro atoms. The fraction of sp³-hybridized carbons (Fsp3) is 0.0488. The van der Waals surface area contributed by atoms with Crippen LogP contribution in [0.15, 0.2) is 297 Å². The zero-order valence-electron chi connectivity index (χ0n) is 46.8. The van der Waals surface area contributed by atoms with Crippen molar-refractivity contribution in [3.05, 3.63) is 353 Å². The quantitative estimate of drug-likeness (QED) is 0.154. The molecule has 13 aromatic carbocycles. The zero-order valence-corrected chi connectivity index (χ0v) is 46.8. The molecule has 17 rings (SSSR count). The van der Waals surface area contributed by atoms with E-state index in [1.807, 2.05) is 0 Å². The molecule has 400 valence electrons. The molecule has 1 unspecified atom stereocenters. The van der Waals surface area contributed by atoms with Gasteiger partial charge in [0.25, 0.3) is 0 Å². The number of nitrogens with zero attached hydrogens (tertiary/aromatic N) is 2. The molecule has 4 aliphatic rings. The van der Waals surface area contributed by atoms with Crippen LogP contribution >= 0.6 is 0 Å². The Balaban J connectivity index is 1.00. The standard InChI is InChI=1S/C82H57N3/c83-66-37-38-73-76(51-66)85(68-46-63(54-24-9-3-10-25-54)43-64(47-68)55-26-11-4-12-27-55)78-50-65(80-70-33-17-13-28-56(70)40-57-29-14-18-34-71(57)80)49-77-82(78)81(73)74-48-59(72-35-19-31-60-41-58-30-15-16-32-69(58)79(60)72)36-39-75(74)84(77)67-44-61(52-20-5-1-6-21-52)42-62(45-67)53-22-7-2-8-23-53/h1-39,42-51,80-81H,40-41,83H2. The van der Waals surface area contributed by atoms with Crippen LogP contribution in [0.5, 0.6) is 0 Å². The lowest BCUT2D eigenvalue weighted by Gasteiger charge is -2.46. The van der Waals surface area contributed by atoms with Crippen LogP contribution in [0.1, 0.15) is 67.5 Å². The Labute approximate surface area is 496 Å². The Morgan fingerprint density at radius 1 is 0.271 bits per heavy atom. The first-order valence-electron chi connectivity index (χ1n) is 29.7. The van der Waals surface area contributed by atoms with Crippen molar-refractivity contribution in [1.29, 1.82) is 0 Å². The summed E-state index contributed by atoms with van der Waals surface area (Å²) in [6.45, 7) is 0. The third-order valence-corrected chi connectivity index (χ3v) is 18.5. The van der Waals surface area contributed by atoms with E-state index >= 15 is 0 Å². The number of rotatable bonds is 8. The molecule has 0 amide bonds. The van der Waals surface area contributed by atoms with Gasteiger partial charge in [0.05, 0.1) is 22.7 Å². The van der Waals surface area contributed by atoms with E-state index in [0.717, 1.165) is 86.0 Å². The summed E-state index contributed by atoms with van der Waals surface area (Å²) >= 11 is 0. The summed E-state index contributed by atoms with van der Waals surface area (Å²) in [6.07, 6.45) is 1.82. The van der Waals surface area contributed by atoms with Crippen LogP contribution in [0.3, 0.4) is 0 Å². The Hall–Kier alpha value is -10.7. The summed E-state index contributed by atoms with van der Waals surface area (Å²) in [7, 11) is 0. The maximum Gasteiger partial charge on any atom is 0.0527 e. The van der Waals surface area contributed by atoms with Crippen molar-refractivity contribution in [2.24, 2.45) is 0 Å². The summed E-state index contributed by atoms with van der Waals surface area (Å²) < 4.78 is 0. The van der Waals surface area contributed by atoms with E-state index in [4.69, 9.17) is 5.73 Å². The largest absolute Gasteiger partial charge is 0.399 e. The Morgan fingerprint density at radius 3 is 1.28 bits per heavy atom. The van der Waals surface area contributed by atoms with E-state index in [1.165, 1.54) is 89.0 Å². The molecule has 1 atom stereocenters. The molecule has 0 saturated carbocycles. The predicted molar refractivity (Wildman–Crippen MR) is 353 cm³/mol. The zero-order chi connectivity index (χ0) is 56.1. The summed E-state index contributed by atoms with van der Waals surface area (Å²) in [4.78, 5) is 5.19. The average molecular weight is 1080 g/mol. The number of anilines is 7. The molecule has 3 heteroatoms. The molecule has 13 aromatic rings. The number of benzene rings is 13. The lowest BCUT2D eigenvalue weighted by Crippen LogP contribution is -2.30. The minimum absolute atomic E-state index is 0.0509. The molecular weight excluding hydrogens is 1030 g/mol. The third-order valence-electron chi connectivity index (χ3n) is 18.5. The van der Waals surface area contributed by atoms with Crippen LogP contribution in [-0.2, 0) is 12.8 Å². The smallest absolute Gasteiger partial charge is 0.0527 e. The van der Waals surface area contributed by atoms with Crippen molar-refractivity contribution in [1.82, 2.24) is 0 Å². The number of nitrogen functional groups attached to an aromatic ring is 1. The van der Waals surface area contributed by atoms with E-state index in [2.05, 4.69) is 307 Å². The van der Waals surface area contributed by atoms with E-state index in [0.29, 0.717) is 0 Å². The topological polar surface area (TPSA) is 32.5 Å². The van der Waals surface area contributed by atoms with Gasteiger partial charge in [-0.3, -0.25) is 0 Å². The summed E-state index contributed by atoms with van der Waals surface area (Å²) in [5.41, 5.74) is 42.0. The SMILES string of the molecule is Nc1ccc2c(c1)N(c1cc(-c3ccccc3)cc(-c3ccccc3)c1)c1cc(C3c4ccccc4Cc4ccccc43)cc3c1C2c1cc(-c2cccc4c2-c2ccccc2C4)ccc1N3c1cc(-c2ccccc2)cc(-c2ccccc2)c1. The van der Waals surface area contributed by atoms with Gasteiger partial charge in [-0.15, -0.1) is 0 Å². The highest BCUT2D eigenvalue weighted by atomic mass is 15.2. The second kappa shape index (κ2) is 19.7. The van der Waals surface area contributed by atoms with Crippen LogP contribution in [0.2, 0.25) is 0 Å². The summed E-state index contributed by atoms with van der Waals surface area (Å²) in [5, 5.41) is 0. The monoisotopic (exact) mass is 1080 g/mol. The van der Waals surface area contributed by atoms with Gasteiger partial charge in [-0.05, 0) is 202 Å². The van der Waals surface area contributed by atoms with E-state index in [-0.39, 0.29) is 11.8 Å². The highest BCUT2D eigenvalue weighted by molar-refractivity contribution is 6.01. The maximum atomic E-state index is 7.14. The lowest BCUT2D eigenvalue weighted by molar-refractivity contribution is 0.869. The molecule has 85 heavy (non-hydrogen) atoms. The molecule has 0 aromatic heterocycles. The molecule has 3 nitrogen and oxygen atoms in total. The number of hydrogen-bond donors (Lipinski definition) is 1. The van der Waals surface area contributed by atoms with Gasteiger partial charge in [0, 0.05) is 34.5 Å². The Bertz CT molecular complexity index is 4630. The first-order valence-corrected chi connectivity index (χ1v) is 29.7. The van der Waals surface area contributed by atoms with Gasteiger partial charge < -0.3 is 15.5 Å². The van der Waals surface area contributed by atoms with Crippen LogP contribution < -0.4 is 15.5 Å². The van der Waals surface area contributed by atoms with Crippen molar-refractivity contribution < 1.29 is 0 Å². The second-order valence-electron chi connectivity index (χ2n) is 23.4. The highest BCUT2D eigenvalue weighted by Gasteiger charge is 2.43. The summed E-state index contributed by atoms with van der Waals surface area (Å²) in [5.74, 6) is -0.228. The third kappa shape index (κ3) is 8.10. The Morgan fingerprint density at radius 2 is 0.729 bits per heavy atom. The van der Waals surface area contributed by atoms with Gasteiger partial charge >= 0.3 is 0 Å². The van der Waals surface area contributed by atoms with E-state index in [1.54, 1.807) is 0 Å². The van der Waals surface area contributed by atoms with Gasteiger partial charge in [-0.2, -0.15) is 0 Å². The second-order valence-corrected chi connectivity index (χ2v) is 23.4. The highest BCUT2D eigenvalue weighted by Crippen LogP contribution is 2.63. The van der Waals surface area contributed by atoms with Gasteiger partial charge in [-0.25, -0.2) is 0 Å². The van der Waals surface area contributed by atoms with Crippen LogP contribution in [0, 0.1) is 0 Å². The molecule has 0 radical (unpaired) electrons. The molecule has 2 aliphatic carbocycles. The van der Waals surface area contributed by atoms with Crippen molar-refractivity contribution in [2.45, 2.75) is 24.7 Å². The molecule has 0 saturated heterocycles. The lowest BCUT2D eigenvalue weighted by atomic mass is 9.71. The fourth-order valence-electron chi connectivity index (χ4n) is 14.7. The average Bonchev–Trinajstić information content (AvgIpc) is 1.35. The van der Waals surface area contributed by atoms with Crippen molar-refractivity contribution in [3.8, 4) is 66.8 Å². The normalized spacial score (nSPS) is 14.1. The van der Waals surface area contributed by atoms with Gasteiger partial charge in [0.1, 0.15) is 0 Å². The minimum Gasteiger partial charge on any atom is -0.399 e. The summed E-state index contributed by atoms with van der Waals surface area (Å²) in [6, 6.07) is 111. The van der Waals surface area contributed by atoms with E-state index < -0.39 is 0 Å². The Kier molecular flexibility index (Phi) is 11.4. The van der Waals surface area contributed by atoms with Crippen LogP contribution in [0.25, 0.3) is 66.8 Å². The predicted octanol–water partition coefficient (Wildman–Crippen LogP) is 21.0. The number of nitrogens with two attached hydrogens (primary N) is 1. The number of hydrogen-bond acceptors (Lipinski definition) is 3. The van der Waals surface area contributed by atoms with Gasteiger partial charge in [0.2, 0.25) is 0 Å². The molecule has 0 bridgehead atoms. The first-order chi connectivity index (χ1) is 42.0. The van der Waals surface area contributed by atoms with Crippen LogP contribution in [0.4, 0.5) is 39.8 Å². The first kappa shape index (κ1) is 48.9. The van der Waals surface area contributed by atoms with Gasteiger partial charge in [-0.1, -0.05) is 224 Å². The number of fused-ring (bicyclic) bond motifs is 9. The molecular formula is C82H57N3. The van der Waals surface area contributed by atoms with E-state index in [9.17, 15) is 0 Å². The van der Waals surface area contributed by atoms with Crippen molar-refractivity contribution in [3.63, 3.8) is 0 Å². The molecule has 0 fully saturated rings. The molecule has 2 heterocycles. The van der Waals surface area contributed by atoms with Crippen LogP contribution in [-0.4, -0.2) is 0 Å². The van der Waals surface area contributed by atoms with Gasteiger partial charge in [0.15, 0.2) is 0 Å². The maximum absolute atomic E-state index is 7.14. The van der Waals surface area contributed by atoms with Crippen molar-refractivity contribution >= 4 is 39.8 Å². The molecule has 2 aliphatic heterocycles. The minimum atomic E-state index is -0.177.